The quantitative estimate of drug-likeness (QED) is 0.355. The van der Waals surface area contributed by atoms with Crippen LogP contribution in [0.15, 0.2) is 54.6 Å². The molecule has 0 bridgehead atoms. The van der Waals surface area contributed by atoms with Gasteiger partial charge in [0, 0.05) is 26.1 Å². The highest BCUT2D eigenvalue weighted by Gasteiger charge is 2.33. The van der Waals surface area contributed by atoms with Crippen LogP contribution in [-0.4, -0.2) is 61.3 Å². The maximum absolute atomic E-state index is 13.3. The summed E-state index contributed by atoms with van der Waals surface area (Å²) < 4.78 is 9.97. The van der Waals surface area contributed by atoms with E-state index in [-0.39, 0.29) is 44.0 Å². The molecule has 0 spiro atoms. The van der Waals surface area contributed by atoms with Gasteiger partial charge in [-0.15, -0.1) is 0 Å². The van der Waals surface area contributed by atoms with Crippen LogP contribution in [0.4, 0.5) is 0 Å². The van der Waals surface area contributed by atoms with Gasteiger partial charge in [-0.3, -0.25) is 9.59 Å². The summed E-state index contributed by atoms with van der Waals surface area (Å²) in [5.74, 6) is -1.71. The number of aliphatic hydroxyl groups is 1. The summed E-state index contributed by atoms with van der Waals surface area (Å²) >= 11 is 0. The van der Waals surface area contributed by atoms with E-state index in [0.717, 1.165) is 42.4 Å². The molecule has 0 heterocycles. The zero-order valence-electron chi connectivity index (χ0n) is 21.7. The van der Waals surface area contributed by atoms with E-state index in [9.17, 15) is 19.5 Å². The molecular weight excluding hydrogens is 472 g/mol. The summed E-state index contributed by atoms with van der Waals surface area (Å²) in [4.78, 5) is 39.2. The number of aliphatic hydroxyl groups excluding tert-OH is 1. The van der Waals surface area contributed by atoms with Gasteiger partial charge in [0.25, 0.3) is 0 Å². The summed E-state index contributed by atoms with van der Waals surface area (Å²) in [6.07, 6.45) is 3.75. The zero-order chi connectivity index (χ0) is 26.6. The Balaban J connectivity index is 1.70. The molecule has 8 nitrogen and oxygen atoms in total. The van der Waals surface area contributed by atoms with Crippen molar-refractivity contribution < 1.29 is 29.0 Å². The number of methoxy groups -OCH3 is 1. The highest BCUT2D eigenvalue weighted by molar-refractivity contribution is 6.32. The zero-order valence-corrected chi connectivity index (χ0v) is 21.7. The lowest BCUT2D eigenvalue weighted by molar-refractivity contribution is -0.160. The maximum Gasteiger partial charge on any atom is 0.397 e. The van der Waals surface area contributed by atoms with Crippen molar-refractivity contribution >= 4 is 17.8 Å². The fraction of sp³-hybridized carbons (Fsp3) is 0.483. The first-order chi connectivity index (χ1) is 18.0. The lowest BCUT2D eigenvalue weighted by Gasteiger charge is -2.32. The molecule has 3 rings (SSSR count). The number of rotatable bonds is 11. The molecule has 3 atom stereocenters. The summed E-state index contributed by atoms with van der Waals surface area (Å²) in [7, 11) is 1.54. The smallest absolute Gasteiger partial charge is 0.397 e. The molecule has 37 heavy (non-hydrogen) atoms. The van der Waals surface area contributed by atoms with Gasteiger partial charge in [0.15, 0.2) is 0 Å². The molecule has 8 heteroatoms. The maximum atomic E-state index is 13.3. The fourth-order valence-electron chi connectivity index (χ4n) is 4.91. The van der Waals surface area contributed by atoms with E-state index in [0.29, 0.717) is 6.61 Å². The van der Waals surface area contributed by atoms with Gasteiger partial charge in [0.05, 0.1) is 25.9 Å². The van der Waals surface area contributed by atoms with Crippen molar-refractivity contribution in [3.05, 3.63) is 71.3 Å². The number of benzene rings is 2. The molecule has 2 aromatic rings. The number of carbonyl (C=O) groups excluding carboxylic acids is 3. The Morgan fingerprint density at radius 3 is 2.41 bits per heavy atom. The van der Waals surface area contributed by atoms with Crippen molar-refractivity contribution in [2.75, 3.05) is 33.5 Å². The number of hydrogen-bond acceptors (Lipinski definition) is 6. The van der Waals surface area contributed by atoms with Crippen LogP contribution in [0.5, 0.6) is 0 Å². The standard InChI is InChI=1S/C29H38N2O6/c1-3-37-29(35)28(34)31(17-18-36-2)19-21-13-15-22(16-14-21)24-11-7-8-12-25(24)27(33)30-26(20-32)23-9-5-4-6-10-23/h4-6,9-10,13-16,24-26,32H,3,7-8,11-12,17-20H2,1-2H3,(H,30,33). The average Bonchev–Trinajstić information content (AvgIpc) is 2.94. The van der Waals surface area contributed by atoms with E-state index in [1.807, 2.05) is 54.6 Å². The van der Waals surface area contributed by atoms with E-state index in [1.165, 1.54) is 4.90 Å². The largest absolute Gasteiger partial charge is 0.459 e. The predicted octanol–water partition coefficient (Wildman–Crippen LogP) is 3.35. The molecule has 1 aliphatic rings. The second kappa shape index (κ2) is 14.5. The minimum atomic E-state index is -0.872. The van der Waals surface area contributed by atoms with Crippen LogP contribution in [0.25, 0.3) is 0 Å². The van der Waals surface area contributed by atoms with Gasteiger partial charge in [0.1, 0.15) is 0 Å². The van der Waals surface area contributed by atoms with Gasteiger partial charge in [-0.25, -0.2) is 4.79 Å². The first-order valence-electron chi connectivity index (χ1n) is 13.0. The number of ether oxygens (including phenoxy) is 2. The Labute approximate surface area is 219 Å². The van der Waals surface area contributed by atoms with Gasteiger partial charge in [-0.2, -0.15) is 0 Å². The fourth-order valence-corrected chi connectivity index (χ4v) is 4.91. The van der Waals surface area contributed by atoms with E-state index in [4.69, 9.17) is 9.47 Å². The second-order valence-corrected chi connectivity index (χ2v) is 9.33. The van der Waals surface area contributed by atoms with Crippen LogP contribution >= 0.6 is 0 Å². The number of esters is 1. The number of nitrogens with zero attached hydrogens (tertiary/aromatic N) is 1. The van der Waals surface area contributed by atoms with E-state index >= 15 is 0 Å². The molecule has 2 N–H and O–H groups in total. The molecule has 0 saturated heterocycles. The Morgan fingerprint density at radius 1 is 1.05 bits per heavy atom. The van der Waals surface area contributed by atoms with E-state index in [1.54, 1.807) is 14.0 Å². The first-order valence-corrected chi connectivity index (χ1v) is 13.0. The Bertz CT molecular complexity index is 1010. The van der Waals surface area contributed by atoms with Crippen molar-refractivity contribution in [2.24, 2.45) is 5.92 Å². The van der Waals surface area contributed by atoms with Crippen molar-refractivity contribution in [3.8, 4) is 0 Å². The highest BCUT2D eigenvalue weighted by Crippen LogP contribution is 2.38. The lowest BCUT2D eigenvalue weighted by atomic mass is 9.74. The van der Waals surface area contributed by atoms with Gasteiger partial charge in [-0.05, 0) is 42.4 Å². The van der Waals surface area contributed by atoms with Crippen LogP contribution in [0, 0.1) is 5.92 Å². The molecule has 1 aliphatic carbocycles. The van der Waals surface area contributed by atoms with Crippen LogP contribution in [0.2, 0.25) is 0 Å². The molecule has 0 aromatic heterocycles. The third kappa shape index (κ3) is 7.87. The second-order valence-electron chi connectivity index (χ2n) is 9.33. The van der Waals surface area contributed by atoms with Crippen molar-refractivity contribution in [2.45, 2.75) is 51.1 Å². The molecule has 0 radical (unpaired) electrons. The highest BCUT2D eigenvalue weighted by atomic mass is 16.5. The Kier molecular flexibility index (Phi) is 11.1. The molecule has 0 aliphatic heterocycles. The van der Waals surface area contributed by atoms with Gasteiger partial charge in [0.2, 0.25) is 5.91 Å². The normalized spacial score (nSPS) is 18.0. The number of nitrogens with one attached hydrogen (secondary N) is 1. The molecule has 3 unspecified atom stereocenters. The molecule has 2 amide bonds. The third-order valence-electron chi connectivity index (χ3n) is 6.89. The minimum absolute atomic E-state index is 0.0394. The SMILES string of the molecule is CCOC(=O)C(=O)N(CCOC)Cc1ccc(C2CCCCC2C(=O)NC(CO)c2ccccc2)cc1. The Morgan fingerprint density at radius 2 is 1.76 bits per heavy atom. The lowest BCUT2D eigenvalue weighted by Crippen LogP contribution is -2.39. The van der Waals surface area contributed by atoms with Crippen LogP contribution in [0.3, 0.4) is 0 Å². The molecular formula is C29H38N2O6. The number of hydrogen-bond donors (Lipinski definition) is 2. The van der Waals surface area contributed by atoms with Gasteiger partial charge >= 0.3 is 11.9 Å². The van der Waals surface area contributed by atoms with E-state index in [2.05, 4.69) is 5.32 Å². The third-order valence-corrected chi connectivity index (χ3v) is 6.89. The molecule has 1 saturated carbocycles. The monoisotopic (exact) mass is 510 g/mol. The average molecular weight is 511 g/mol. The van der Waals surface area contributed by atoms with E-state index < -0.39 is 17.9 Å². The number of amides is 2. The number of carbonyl (C=O) groups is 3. The van der Waals surface area contributed by atoms with Crippen molar-refractivity contribution in [1.29, 1.82) is 0 Å². The molecule has 1 fully saturated rings. The van der Waals surface area contributed by atoms with Gasteiger partial charge < -0.3 is 24.8 Å². The van der Waals surface area contributed by atoms with Crippen LogP contribution < -0.4 is 5.32 Å². The summed E-state index contributed by atoms with van der Waals surface area (Å²) in [5.41, 5.74) is 2.83. The first kappa shape index (κ1) is 28.3. The Hall–Kier alpha value is -3.23. The van der Waals surface area contributed by atoms with Crippen molar-refractivity contribution in [1.82, 2.24) is 10.2 Å². The molecule has 2 aromatic carbocycles. The summed E-state index contributed by atoms with van der Waals surface area (Å²) in [6.45, 7) is 2.47. The van der Waals surface area contributed by atoms with Crippen molar-refractivity contribution in [3.63, 3.8) is 0 Å². The molecule has 200 valence electrons. The van der Waals surface area contributed by atoms with Crippen LogP contribution in [-0.2, 0) is 30.4 Å². The summed E-state index contributed by atoms with van der Waals surface area (Å²) in [5, 5.41) is 12.9. The van der Waals surface area contributed by atoms with Crippen LogP contribution in [0.1, 0.15) is 61.3 Å². The van der Waals surface area contributed by atoms with Gasteiger partial charge in [-0.1, -0.05) is 67.4 Å². The topological polar surface area (TPSA) is 105 Å². The predicted molar refractivity (Wildman–Crippen MR) is 139 cm³/mol. The minimum Gasteiger partial charge on any atom is -0.459 e. The summed E-state index contributed by atoms with van der Waals surface area (Å²) in [6, 6.07) is 17.0.